The van der Waals surface area contributed by atoms with Gasteiger partial charge in [0.1, 0.15) is 0 Å². The van der Waals surface area contributed by atoms with Gasteiger partial charge >= 0.3 is 12.4 Å². The lowest BCUT2D eigenvalue weighted by Gasteiger charge is -2.15. The van der Waals surface area contributed by atoms with Crippen molar-refractivity contribution in [2.24, 2.45) is 11.3 Å². The van der Waals surface area contributed by atoms with Gasteiger partial charge in [-0.15, -0.1) is 0 Å². The van der Waals surface area contributed by atoms with Gasteiger partial charge in [0.2, 0.25) is 11.8 Å². The monoisotopic (exact) mass is 356 g/mol. The second kappa shape index (κ2) is 6.14. The van der Waals surface area contributed by atoms with Crippen molar-refractivity contribution in [2.75, 3.05) is 6.61 Å². The van der Waals surface area contributed by atoms with E-state index in [1.54, 1.807) is 0 Å². The van der Waals surface area contributed by atoms with E-state index in [-0.39, 0.29) is 18.8 Å². The number of halogens is 6. The first-order valence-corrected chi connectivity index (χ1v) is 6.91. The molecule has 134 valence electrons. The molecule has 1 aromatic heterocycles. The molecule has 0 radical (unpaired) electrons. The standard InChI is InChI=1S/C14H14F6N2O2/c1-12(14(18,19)20)5-9(12)11(23)22-6-8-2-3-21-10(4-8)24-7-13(15,16)17/h2-4,9H,5-7H2,1H3,(H,22,23). The SMILES string of the molecule is CC1(C(F)(F)F)CC1C(=O)NCc1ccnc(OCC(F)(F)F)c1. The number of hydrogen-bond acceptors (Lipinski definition) is 3. The van der Waals surface area contributed by atoms with Crippen LogP contribution in [0.2, 0.25) is 0 Å². The molecule has 1 aliphatic rings. The van der Waals surface area contributed by atoms with E-state index in [1.165, 1.54) is 18.3 Å². The van der Waals surface area contributed by atoms with Crippen LogP contribution >= 0.6 is 0 Å². The lowest BCUT2D eigenvalue weighted by Crippen LogP contribution is -2.31. The lowest BCUT2D eigenvalue weighted by molar-refractivity contribution is -0.187. The number of alkyl halides is 6. The van der Waals surface area contributed by atoms with Crippen LogP contribution in [0.3, 0.4) is 0 Å². The second-order valence-electron chi connectivity index (χ2n) is 5.80. The number of carbonyl (C=O) groups excluding carboxylic acids is 1. The van der Waals surface area contributed by atoms with Crippen LogP contribution in [0.5, 0.6) is 5.88 Å². The number of ether oxygens (including phenoxy) is 1. The van der Waals surface area contributed by atoms with E-state index in [0.29, 0.717) is 5.56 Å². The summed E-state index contributed by atoms with van der Waals surface area (Å²) in [5.41, 5.74) is -1.65. The molecule has 1 fully saturated rings. The molecule has 0 aromatic carbocycles. The van der Waals surface area contributed by atoms with Crippen LogP contribution in [0, 0.1) is 11.3 Å². The molecule has 1 aromatic rings. The number of hydrogen-bond donors (Lipinski definition) is 1. The largest absolute Gasteiger partial charge is 0.468 e. The Hall–Kier alpha value is -2.00. The number of nitrogens with zero attached hydrogens (tertiary/aromatic N) is 1. The molecule has 0 bridgehead atoms. The number of amides is 1. The highest BCUT2D eigenvalue weighted by Crippen LogP contribution is 2.62. The van der Waals surface area contributed by atoms with Crippen LogP contribution in [0.25, 0.3) is 0 Å². The van der Waals surface area contributed by atoms with Gasteiger partial charge in [-0.05, 0) is 18.1 Å². The summed E-state index contributed by atoms with van der Waals surface area (Å²) in [4.78, 5) is 15.4. The molecule has 1 N–H and O–H groups in total. The number of pyridine rings is 1. The lowest BCUT2D eigenvalue weighted by atomic mass is 10.1. The molecule has 0 spiro atoms. The minimum absolute atomic E-state index is 0.131. The fourth-order valence-corrected chi connectivity index (χ4v) is 2.17. The smallest absolute Gasteiger partial charge is 0.422 e. The Morgan fingerprint density at radius 1 is 1.38 bits per heavy atom. The van der Waals surface area contributed by atoms with Gasteiger partial charge in [0.15, 0.2) is 6.61 Å². The topological polar surface area (TPSA) is 51.2 Å². The maximum Gasteiger partial charge on any atom is 0.422 e. The van der Waals surface area contributed by atoms with E-state index in [1.807, 2.05) is 0 Å². The average Bonchev–Trinajstić information content (AvgIpc) is 3.16. The van der Waals surface area contributed by atoms with Crippen LogP contribution in [-0.4, -0.2) is 29.9 Å². The highest BCUT2D eigenvalue weighted by atomic mass is 19.4. The fraction of sp³-hybridized carbons (Fsp3) is 0.571. The van der Waals surface area contributed by atoms with Crippen LogP contribution in [0.4, 0.5) is 26.3 Å². The molecule has 0 saturated heterocycles. The predicted molar refractivity (Wildman–Crippen MR) is 69.9 cm³/mol. The van der Waals surface area contributed by atoms with Crippen LogP contribution < -0.4 is 10.1 Å². The van der Waals surface area contributed by atoms with Crippen LogP contribution in [-0.2, 0) is 11.3 Å². The summed E-state index contributed by atoms with van der Waals surface area (Å²) in [6, 6.07) is 2.60. The number of carbonyl (C=O) groups is 1. The molecular formula is C14H14F6N2O2. The molecule has 2 rings (SSSR count). The van der Waals surface area contributed by atoms with Gasteiger partial charge in [-0.2, -0.15) is 26.3 Å². The summed E-state index contributed by atoms with van der Waals surface area (Å²) in [6.07, 6.45) is -8.06. The van der Waals surface area contributed by atoms with Gasteiger partial charge in [0, 0.05) is 18.8 Å². The van der Waals surface area contributed by atoms with Gasteiger partial charge in [0.25, 0.3) is 0 Å². The third kappa shape index (κ3) is 4.30. The minimum atomic E-state index is -4.51. The van der Waals surface area contributed by atoms with E-state index in [0.717, 1.165) is 6.92 Å². The number of nitrogens with one attached hydrogen (secondary N) is 1. The van der Waals surface area contributed by atoms with E-state index < -0.39 is 36.2 Å². The van der Waals surface area contributed by atoms with Crippen molar-refractivity contribution in [1.29, 1.82) is 0 Å². The van der Waals surface area contributed by atoms with Gasteiger partial charge in [0.05, 0.1) is 11.3 Å². The third-order valence-corrected chi connectivity index (χ3v) is 3.85. The fourth-order valence-electron chi connectivity index (χ4n) is 2.17. The summed E-state index contributed by atoms with van der Waals surface area (Å²) in [6.45, 7) is -0.664. The van der Waals surface area contributed by atoms with Crippen molar-refractivity contribution in [2.45, 2.75) is 32.2 Å². The molecule has 0 aliphatic heterocycles. The summed E-state index contributed by atoms with van der Waals surface area (Å²) in [5, 5.41) is 2.34. The quantitative estimate of drug-likeness (QED) is 0.825. The van der Waals surface area contributed by atoms with Gasteiger partial charge in [-0.25, -0.2) is 4.98 Å². The van der Waals surface area contributed by atoms with Gasteiger partial charge < -0.3 is 10.1 Å². The summed E-state index contributed by atoms with van der Waals surface area (Å²) >= 11 is 0. The number of rotatable bonds is 5. The van der Waals surface area contributed by atoms with Crippen molar-refractivity contribution < 1.29 is 35.9 Å². The van der Waals surface area contributed by atoms with E-state index in [9.17, 15) is 31.1 Å². The van der Waals surface area contributed by atoms with Gasteiger partial charge in [-0.3, -0.25) is 4.79 Å². The maximum absolute atomic E-state index is 12.7. The Bertz CT molecular complexity index is 616. The van der Waals surface area contributed by atoms with Crippen molar-refractivity contribution in [3.63, 3.8) is 0 Å². The van der Waals surface area contributed by atoms with Crippen molar-refractivity contribution in [1.82, 2.24) is 10.3 Å². The Labute approximate surface area is 133 Å². The summed E-state index contributed by atoms with van der Waals surface area (Å²) < 4.78 is 78.8. The van der Waals surface area contributed by atoms with Crippen molar-refractivity contribution in [3.05, 3.63) is 23.9 Å². The highest BCUT2D eigenvalue weighted by molar-refractivity contribution is 5.82. The number of aromatic nitrogens is 1. The molecule has 1 aliphatic carbocycles. The van der Waals surface area contributed by atoms with Crippen molar-refractivity contribution >= 4 is 5.91 Å². The molecule has 24 heavy (non-hydrogen) atoms. The van der Waals surface area contributed by atoms with Crippen molar-refractivity contribution in [3.8, 4) is 5.88 Å². The summed E-state index contributed by atoms with van der Waals surface area (Å²) in [5.74, 6) is -2.18. The van der Waals surface area contributed by atoms with E-state index in [2.05, 4.69) is 15.0 Å². The molecule has 1 saturated carbocycles. The maximum atomic E-state index is 12.7. The van der Waals surface area contributed by atoms with Crippen LogP contribution in [0.1, 0.15) is 18.9 Å². The first-order chi connectivity index (χ1) is 10.9. The average molecular weight is 356 g/mol. The first-order valence-electron chi connectivity index (χ1n) is 6.91. The Balaban J connectivity index is 1.88. The Morgan fingerprint density at radius 2 is 2.04 bits per heavy atom. The molecule has 2 unspecified atom stereocenters. The molecule has 2 atom stereocenters. The minimum Gasteiger partial charge on any atom is -0.468 e. The normalized spacial score (nSPS) is 23.7. The van der Waals surface area contributed by atoms with E-state index >= 15 is 0 Å². The molecule has 10 heteroatoms. The zero-order valence-corrected chi connectivity index (χ0v) is 12.5. The summed E-state index contributed by atoms with van der Waals surface area (Å²) in [7, 11) is 0. The molecule has 4 nitrogen and oxygen atoms in total. The van der Waals surface area contributed by atoms with E-state index in [4.69, 9.17) is 0 Å². The zero-order valence-electron chi connectivity index (χ0n) is 12.5. The predicted octanol–water partition coefficient (Wildman–Crippen LogP) is 3.23. The third-order valence-electron chi connectivity index (χ3n) is 3.85. The van der Waals surface area contributed by atoms with Gasteiger partial charge in [-0.1, -0.05) is 6.92 Å². The molecule has 1 heterocycles. The second-order valence-corrected chi connectivity index (χ2v) is 5.80. The first kappa shape index (κ1) is 18.3. The highest BCUT2D eigenvalue weighted by Gasteiger charge is 2.69. The molecular weight excluding hydrogens is 342 g/mol. The molecule has 1 amide bonds. The Kier molecular flexibility index (Phi) is 4.69. The Morgan fingerprint density at radius 3 is 2.58 bits per heavy atom. The zero-order chi connectivity index (χ0) is 18.2. The van der Waals surface area contributed by atoms with Crippen LogP contribution in [0.15, 0.2) is 18.3 Å².